The van der Waals surface area contributed by atoms with Gasteiger partial charge in [0, 0.05) is 0 Å². The van der Waals surface area contributed by atoms with Crippen molar-refractivity contribution in [3.05, 3.63) is 23.3 Å². The third-order valence-electron chi connectivity index (χ3n) is 3.26. The second kappa shape index (κ2) is 6.59. The van der Waals surface area contributed by atoms with Crippen LogP contribution in [0.15, 0.2) is 17.0 Å². The van der Waals surface area contributed by atoms with Crippen molar-refractivity contribution in [2.24, 2.45) is 5.14 Å². The van der Waals surface area contributed by atoms with Gasteiger partial charge >= 0.3 is 0 Å². The number of hydrogen-bond acceptors (Lipinski definition) is 3. The van der Waals surface area contributed by atoms with Gasteiger partial charge in [0.15, 0.2) is 0 Å². The Bertz CT molecular complexity index is 565. The Hall–Kier alpha value is -1.07. The van der Waals surface area contributed by atoms with E-state index in [-0.39, 0.29) is 16.9 Å². The van der Waals surface area contributed by atoms with Crippen LogP contribution >= 0.6 is 0 Å². The van der Waals surface area contributed by atoms with Crippen molar-refractivity contribution < 1.29 is 13.2 Å². The minimum absolute atomic E-state index is 0.109. The van der Waals surface area contributed by atoms with E-state index in [0.717, 1.165) is 24.2 Å². The van der Waals surface area contributed by atoms with E-state index >= 15 is 0 Å². The maximum absolute atomic E-state index is 11.6. The van der Waals surface area contributed by atoms with Crippen LogP contribution in [0.4, 0.5) is 0 Å². The van der Waals surface area contributed by atoms with Crippen molar-refractivity contribution in [2.75, 3.05) is 0 Å². The van der Waals surface area contributed by atoms with Crippen molar-refractivity contribution >= 4 is 10.0 Å². The number of nitrogens with two attached hydrogens (primary N) is 1. The number of ether oxygens (including phenoxy) is 1. The third-order valence-corrected chi connectivity index (χ3v) is 4.31. The molecule has 5 heteroatoms. The molecule has 0 aliphatic carbocycles. The quantitative estimate of drug-likeness (QED) is 0.876. The molecular formula is C15H25NO3S. The summed E-state index contributed by atoms with van der Waals surface area (Å²) >= 11 is 0. The Kier molecular flexibility index (Phi) is 5.59. The number of benzene rings is 1. The summed E-state index contributed by atoms with van der Waals surface area (Å²) in [5.41, 5.74) is 1.50. The first-order valence-electron chi connectivity index (χ1n) is 7.00. The average Bonchev–Trinajstić information content (AvgIpc) is 2.26. The molecule has 0 fully saturated rings. The zero-order valence-corrected chi connectivity index (χ0v) is 13.8. The molecule has 2 N–H and O–H groups in total. The van der Waals surface area contributed by atoms with Crippen molar-refractivity contribution in [2.45, 2.75) is 64.4 Å². The Balaban J connectivity index is 3.28. The highest BCUT2D eigenvalue weighted by Gasteiger charge is 2.19. The van der Waals surface area contributed by atoms with Crippen molar-refractivity contribution in [1.82, 2.24) is 0 Å². The molecule has 114 valence electrons. The molecule has 0 saturated carbocycles. The van der Waals surface area contributed by atoms with Crippen molar-refractivity contribution in [1.29, 1.82) is 0 Å². The summed E-state index contributed by atoms with van der Waals surface area (Å²) in [6.07, 6.45) is 2.12. The van der Waals surface area contributed by atoms with E-state index in [1.54, 1.807) is 19.1 Å². The summed E-state index contributed by atoms with van der Waals surface area (Å²) < 4.78 is 29.2. The van der Waals surface area contributed by atoms with Gasteiger partial charge in [0.2, 0.25) is 10.0 Å². The van der Waals surface area contributed by atoms with E-state index in [0.29, 0.717) is 5.56 Å². The monoisotopic (exact) mass is 299 g/mol. The molecule has 1 aromatic carbocycles. The van der Waals surface area contributed by atoms with E-state index in [1.807, 2.05) is 20.8 Å². The maximum Gasteiger partial charge on any atom is 0.238 e. The largest absolute Gasteiger partial charge is 0.490 e. The Morgan fingerprint density at radius 3 is 2.30 bits per heavy atom. The molecular weight excluding hydrogens is 274 g/mol. The molecule has 1 rings (SSSR count). The number of rotatable bonds is 6. The standard InChI is InChI=1S/C15H25NO3S/c1-6-7-12(5)19-14-8-11(4)15(20(16,17)18)9-13(14)10(2)3/h8-10,12H,6-7H2,1-5H3,(H2,16,17,18). The minimum atomic E-state index is -3.70. The van der Waals surface area contributed by atoms with Crippen LogP contribution in [0.5, 0.6) is 5.75 Å². The zero-order valence-electron chi connectivity index (χ0n) is 12.9. The predicted octanol–water partition coefficient (Wildman–Crippen LogP) is 3.33. The number of hydrogen-bond donors (Lipinski definition) is 1. The van der Waals surface area contributed by atoms with Crippen molar-refractivity contribution in [3.63, 3.8) is 0 Å². The number of aryl methyl sites for hydroxylation is 1. The maximum atomic E-state index is 11.6. The first-order chi connectivity index (χ1) is 9.16. The fourth-order valence-corrected chi connectivity index (χ4v) is 3.02. The second-order valence-corrected chi connectivity index (χ2v) is 7.10. The number of primary sulfonamides is 1. The first kappa shape index (κ1) is 17.0. The SMILES string of the molecule is CCCC(C)Oc1cc(C)c(S(N)(=O)=O)cc1C(C)C. The van der Waals surface area contributed by atoms with Gasteiger partial charge in [-0.15, -0.1) is 0 Å². The van der Waals surface area contributed by atoms with Gasteiger partial charge in [0.1, 0.15) is 5.75 Å². The van der Waals surface area contributed by atoms with E-state index in [4.69, 9.17) is 9.88 Å². The van der Waals surface area contributed by atoms with Gasteiger partial charge in [-0.1, -0.05) is 27.2 Å². The lowest BCUT2D eigenvalue weighted by Crippen LogP contribution is -2.16. The van der Waals surface area contributed by atoms with E-state index in [2.05, 4.69) is 6.92 Å². The van der Waals surface area contributed by atoms with E-state index in [9.17, 15) is 8.42 Å². The fourth-order valence-electron chi connectivity index (χ4n) is 2.22. The third kappa shape index (κ3) is 4.21. The predicted molar refractivity (Wildman–Crippen MR) is 81.6 cm³/mol. The van der Waals surface area contributed by atoms with Gasteiger partial charge in [-0.05, 0) is 49.4 Å². The normalized spacial score (nSPS) is 13.6. The lowest BCUT2D eigenvalue weighted by molar-refractivity contribution is 0.207. The molecule has 0 aliphatic rings. The molecule has 0 amide bonds. The highest BCUT2D eigenvalue weighted by Crippen LogP contribution is 2.32. The van der Waals surface area contributed by atoms with Crippen LogP contribution in [0.1, 0.15) is 57.6 Å². The Morgan fingerprint density at radius 2 is 1.85 bits per heavy atom. The summed E-state index contributed by atoms with van der Waals surface area (Å²) in [6.45, 7) is 9.89. The van der Waals surface area contributed by atoms with Crippen LogP contribution in [0, 0.1) is 6.92 Å². The average molecular weight is 299 g/mol. The fraction of sp³-hybridized carbons (Fsp3) is 0.600. The minimum Gasteiger partial charge on any atom is -0.490 e. The summed E-state index contributed by atoms with van der Waals surface area (Å²) in [5.74, 6) is 0.922. The molecule has 0 saturated heterocycles. The van der Waals surface area contributed by atoms with Crippen LogP contribution < -0.4 is 9.88 Å². The first-order valence-corrected chi connectivity index (χ1v) is 8.55. The molecule has 20 heavy (non-hydrogen) atoms. The Morgan fingerprint density at radius 1 is 1.25 bits per heavy atom. The van der Waals surface area contributed by atoms with Gasteiger partial charge in [-0.25, -0.2) is 13.6 Å². The van der Waals surface area contributed by atoms with Crippen molar-refractivity contribution in [3.8, 4) is 5.75 Å². The second-order valence-electron chi connectivity index (χ2n) is 5.57. The van der Waals surface area contributed by atoms with Gasteiger partial charge in [0.05, 0.1) is 11.0 Å². The molecule has 1 aromatic rings. The molecule has 0 heterocycles. The topological polar surface area (TPSA) is 69.4 Å². The van der Waals surface area contributed by atoms with Gasteiger partial charge in [-0.3, -0.25) is 0 Å². The highest BCUT2D eigenvalue weighted by atomic mass is 32.2. The lowest BCUT2D eigenvalue weighted by atomic mass is 10.0. The van der Waals surface area contributed by atoms with Crippen LogP contribution in [-0.2, 0) is 10.0 Å². The molecule has 0 aliphatic heterocycles. The lowest BCUT2D eigenvalue weighted by Gasteiger charge is -2.20. The van der Waals surface area contributed by atoms with Gasteiger partial charge < -0.3 is 4.74 Å². The zero-order chi connectivity index (χ0) is 15.5. The molecule has 0 spiro atoms. The highest BCUT2D eigenvalue weighted by molar-refractivity contribution is 7.89. The molecule has 1 atom stereocenters. The smallest absolute Gasteiger partial charge is 0.238 e. The van der Waals surface area contributed by atoms with Gasteiger partial charge in [0.25, 0.3) is 0 Å². The van der Waals surface area contributed by atoms with E-state index in [1.165, 1.54) is 0 Å². The van der Waals surface area contributed by atoms with Gasteiger partial charge in [-0.2, -0.15) is 0 Å². The molecule has 1 unspecified atom stereocenters. The molecule has 0 radical (unpaired) electrons. The summed E-state index contributed by atoms with van der Waals surface area (Å²) in [6, 6.07) is 3.42. The van der Waals surface area contributed by atoms with Crippen LogP contribution in [-0.4, -0.2) is 14.5 Å². The summed E-state index contributed by atoms with van der Waals surface area (Å²) in [5, 5.41) is 5.26. The molecule has 0 aromatic heterocycles. The van der Waals surface area contributed by atoms with Crippen LogP contribution in [0.2, 0.25) is 0 Å². The Labute approximate surface area is 122 Å². The number of sulfonamides is 1. The van der Waals surface area contributed by atoms with E-state index < -0.39 is 10.0 Å². The van der Waals surface area contributed by atoms with Crippen LogP contribution in [0.3, 0.4) is 0 Å². The molecule has 0 bridgehead atoms. The molecule has 4 nitrogen and oxygen atoms in total. The summed E-state index contributed by atoms with van der Waals surface area (Å²) in [4.78, 5) is 0.177. The summed E-state index contributed by atoms with van der Waals surface area (Å²) in [7, 11) is -3.70. The van der Waals surface area contributed by atoms with Crippen LogP contribution in [0.25, 0.3) is 0 Å².